The van der Waals surface area contributed by atoms with Crippen LogP contribution in [0.5, 0.6) is 0 Å². The van der Waals surface area contributed by atoms with Crippen LogP contribution in [0, 0.1) is 23.2 Å². The molecule has 1 radical (unpaired) electrons. The van der Waals surface area contributed by atoms with Gasteiger partial charge in [0.1, 0.15) is 5.54 Å². The molecule has 1 saturated carbocycles. The minimum absolute atomic E-state index is 0.256. The van der Waals surface area contributed by atoms with Gasteiger partial charge in [-0.05, 0) is 56.4 Å². The molecule has 1 aromatic carbocycles. The van der Waals surface area contributed by atoms with Gasteiger partial charge in [-0.25, -0.2) is 0 Å². The average Bonchev–Trinajstić information content (AvgIpc) is 2.79. The van der Waals surface area contributed by atoms with Crippen LogP contribution in [0.1, 0.15) is 70.3 Å². The summed E-state index contributed by atoms with van der Waals surface area (Å²) in [5, 5.41) is 12.7. The molecular weight excluding hydrogens is 388 g/mol. The molecule has 6 heteroatoms. The van der Waals surface area contributed by atoms with Gasteiger partial charge >= 0.3 is 0 Å². The van der Waals surface area contributed by atoms with E-state index < -0.39 is 16.9 Å². The van der Waals surface area contributed by atoms with Crippen LogP contribution in [0.2, 0.25) is 0 Å². The van der Waals surface area contributed by atoms with Crippen molar-refractivity contribution in [1.82, 2.24) is 10.2 Å². The predicted molar refractivity (Wildman–Crippen MR) is 121 cm³/mol. The fraction of sp³-hybridized carbons (Fsp3) is 0.600. The van der Waals surface area contributed by atoms with E-state index in [1.165, 1.54) is 37.7 Å². The van der Waals surface area contributed by atoms with Crippen LogP contribution in [-0.4, -0.2) is 41.4 Å². The van der Waals surface area contributed by atoms with Gasteiger partial charge in [0.05, 0.1) is 12.5 Å². The zero-order valence-corrected chi connectivity index (χ0v) is 18.8. The van der Waals surface area contributed by atoms with Crippen LogP contribution < -0.4 is 11.1 Å². The zero-order chi connectivity index (χ0) is 22.5. The van der Waals surface area contributed by atoms with E-state index in [1.54, 1.807) is 13.8 Å². The Morgan fingerprint density at radius 2 is 1.81 bits per heavy atom. The highest BCUT2D eigenvalue weighted by atomic mass is 16.2. The minimum atomic E-state index is -0.831. The molecule has 2 aliphatic rings. The Morgan fingerprint density at radius 1 is 1.19 bits per heavy atom. The van der Waals surface area contributed by atoms with Crippen molar-refractivity contribution in [1.29, 1.82) is 5.26 Å². The average molecular weight is 424 g/mol. The van der Waals surface area contributed by atoms with Crippen molar-refractivity contribution in [2.75, 3.05) is 13.1 Å². The standard InChI is InChI=1S/C25H35N4O2/c1-24(2,23(27)31)13-12-22(30)28-25(18-26)14-16-29(17-15-25)21-10-8-20(9-11-21)19-6-4-3-5-7-19/h3-7,12,20-21H,8-11,13-17H2,1-2H3,(H2,27,31)(H,28,30). The summed E-state index contributed by atoms with van der Waals surface area (Å²) in [7, 11) is 0. The Balaban J connectivity index is 1.47. The Hall–Kier alpha value is -2.39. The number of rotatable bonds is 7. The maximum atomic E-state index is 12.4. The highest BCUT2D eigenvalue weighted by Crippen LogP contribution is 2.36. The summed E-state index contributed by atoms with van der Waals surface area (Å²) in [5.74, 6) is -0.0885. The first kappa shape index (κ1) is 23.3. The van der Waals surface area contributed by atoms with Crippen LogP contribution in [0.4, 0.5) is 0 Å². The molecule has 0 aromatic heterocycles. The van der Waals surface area contributed by atoms with Gasteiger partial charge < -0.3 is 16.0 Å². The monoisotopic (exact) mass is 423 g/mol. The third-order valence-corrected chi connectivity index (χ3v) is 7.18. The maximum absolute atomic E-state index is 12.4. The summed E-state index contributed by atoms with van der Waals surface area (Å²) in [5.41, 5.74) is 5.21. The van der Waals surface area contributed by atoms with Crippen LogP contribution in [-0.2, 0) is 9.59 Å². The Kier molecular flexibility index (Phi) is 7.38. The molecule has 167 valence electrons. The third-order valence-electron chi connectivity index (χ3n) is 7.18. The summed E-state index contributed by atoms with van der Waals surface area (Å²) < 4.78 is 0. The molecule has 0 spiro atoms. The van der Waals surface area contributed by atoms with Crippen LogP contribution in [0.15, 0.2) is 30.3 Å². The summed E-state index contributed by atoms with van der Waals surface area (Å²) >= 11 is 0. The molecule has 1 saturated heterocycles. The number of benzene rings is 1. The second kappa shape index (κ2) is 9.82. The Labute approximate surface area is 186 Å². The maximum Gasteiger partial charge on any atom is 0.225 e. The number of amides is 2. The van der Waals surface area contributed by atoms with Gasteiger partial charge in [0.2, 0.25) is 11.8 Å². The van der Waals surface area contributed by atoms with Crippen LogP contribution in [0.25, 0.3) is 0 Å². The first-order valence-electron chi connectivity index (χ1n) is 11.4. The van der Waals surface area contributed by atoms with Crippen molar-refractivity contribution < 1.29 is 9.59 Å². The molecule has 0 unspecified atom stereocenters. The Morgan fingerprint density at radius 3 is 2.35 bits per heavy atom. The van der Waals surface area contributed by atoms with E-state index in [1.807, 2.05) is 0 Å². The molecule has 1 aliphatic carbocycles. The molecule has 6 nitrogen and oxygen atoms in total. The fourth-order valence-electron chi connectivity index (χ4n) is 4.77. The van der Waals surface area contributed by atoms with Gasteiger partial charge in [-0.15, -0.1) is 0 Å². The van der Waals surface area contributed by atoms with E-state index in [4.69, 9.17) is 5.73 Å². The lowest BCUT2D eigenvalue weighted by Crippen LogP contribution is -2.56. The number of carbonyl (C=O) groups is 2. The summed E-state index contributed by atoms with van der Waals surface area (Å²) in [6, 6.07) is 13.7. The first-order chi connectivity index (χ1) is 14.7. The Bertz CT molecular complexity index is 799. The molecule has 3 rings (SSSR count). The van der Waals surface area contributed by atoms with Gasteiger partial charge in [-0.2, -0.15) is 5.26 Å². The molecular formula is C25H35N4O2. The molecule has 0 bridgehead atoms. The molecule has 1 heterocycles. The van der Waals surface area contributed by atoms with E-state index in [2.05, 4.69) is 46.6 Å². The van der Waals surface area contributed by atoms with Crippen LogP contribution in [0.3, 0.4) is 0 Å². The number of piperidine rings is 1. The summed E-state index contributed by atoms with van der Waals surface area (Å²) in [6.45, 7) is 5.07. The number of primary amides is 1. The smallest absolute Gasteiger partial charge is 0.225 e. The lowest BCUT2D eigenvalue weighted by molar-refractivity contribution is -0.126. The second-order valence-electron chi connectivity index (χ2n) is 9.79. The van der Waals surface area contributed by atoms with Crippen molar-refractivity contribution in [3.8, 4) is 6.07 Å². The van der Waals surface area contributed by atoms with E-state index in [0.717, 1.165) is 13.1 Å². The number of hydrogen-bond acceptors (Lipinski definition) is 4. The first-order valence-corrected chi connectivity index (χ1v) is 11.4. The zero-order valence-electron chi connectivity index (χ0n) is 18.8. The van der Waals surface area contributed by atoms with Crippen molar-refractivity contribution in [2.24, 2.45) is 11.1 Å². The number of nitriles is 1. The van der Waals surface area contributed by atoms with Crippen LogP contribution >= 0.6 is 0 Å². The van der Waals surface area contributed by atoms with Crippen molar-refractivity contribution >= 4 is 11.8 Å². The molecule has 1 aromatic rings. The van der Waals surface area contributed by atoms with E-state index >= 15 is 0 Å². The van der Waals surface area contributed by atoms with E-state index in [0.29, 0.717) is 24.8 Å². The van der Waals surface area contributed by atoms with E-state index in [9.17, 15) is 14.9 Å². The number of hydrogen-bond donors (Lipinski definition) is 2. The number of carbonyl (C=O) groups excluding carboxylic acids is 2. The third kappa shape index (κ3) is 5.86. The minimum Gasteiger partial charge on any atom is -0.369 e. The fourth-order valence-corrected chi connectivity index (χ4v) is 4.77. The number of nitrogens with zero attached hydrogens (tertiary/aromatic N) is 2. The van der Waals surface area contributed by atoms with Gasteiger partial charge in [0.15, 0.2) is 0 Å². The highest BCUT2D eigenvalue weighted by molar-refractivity contribution is 5.87. The van der Waals surface area contributed by atoms with Gasteiger partial charge in [-0.1, -0.05) is 44.2 Å². The van der Waals surface area contributed by atoms with Gasteiger partial charge in [0, 0.05) is 24.5 Å². The summed E-state index contributed by atoms with van der Waals surface area (Å²) in [6.07, 6.45) is 7.73. The normalized spacial score (nSPS) is 24.2. The topological polar surface area (TPSA) is 99.2 Å². The van der Waals surface area contributed by atoms with E-state index in [-0.39, 0.29) is 12.3 Å². The van der Waals surface area contributed by atoms with Crippen molar-refractivity contribution in [3.05, 3.63) is 42.3 Å². The lowest BCUT2D eigenvalue weighted by Gasteiger charge is -2.43. The predicted octanol–water partition coefficient (Wildman–Crippen LogP) is 3.29. The quantitative estimate of drug-likeness (QED) is 0.703. The van der Waals surface area contributed by atoms with Gasteiger partial charge in [-0.3, -0.25) is 9.59 Å². The molecule has 2 amide bonds. The molecule has 1 aliphatic heterocycles. The highest BCUT2D eigenvalue weighted by Gasteiger charge is 2.39. The SMILES string of the molecule is CC(C)(C[CH]C(=O)NC1(C#N)CCN(C2CCC(c3ccccc3)CC2)CC1)C(N)=O. The largest absolute Gasteiger partial charge is 0.369 e. The molecule has 0 atom stereocenters. The van der Waals surface area contributed by atoms with Crippen molar-refractivity contribution in [2.45, 2.75) is 76.3 Å². The number of nitrogens with two attached hydrogens (primary N) is 1. The number of nitrogens with one attached hydrogen (secondary N) is 1. The number of likely N-dealkylation sites (tertiary alicyclic amines) is 1. The second-order valence-corrected chi connectivity index (χ2v) is 9.79. The molecule has 2 fully saturated rings. The summed E-state index contributed by atoms with van der Waals surface area (Å²) in [4.78, 5) is 26.4. The molecule has 3 N–H and O–H groups in total. The van der Waals surface area contributed by atoms with Gasteiger partial charge in [0.25, 0.3) is 0 Å². The van der Waals surface area contributed by atoms with Crippen molar-refractivity contribution in [3.63, 3.8) is 0 Å². The lowest BCUT2D eigenvalue weighted by atomic mass is 9.80. The molecule has 31 heavy (non-hydrogen) atoms.